The Kier molecular flexibility index (Phi) is 4.74. The number of aliphatic hydroxyl groups is 1. The van der Waals surface area contributed by atoms with Crippen molar-refractivity contribution in [2.75, 3.05) is 39.4 Å². The summed E-state index contributed by atoms with van der Waals surface area (Å²) in [5.41, 5.74) is 0. The summed E-state index contributed by atoms with van der Waals surface area (Å²) in [6.45, 7) is 6.32. The van der Waals surface area contributed by atoms with Crippen molar-refractivity contribution in [1.82, 2.24) is 9.80 Å². The Labute approximate surface area is 116 Å². The number of ether oxygens (including phenoxy) is 1. The molecule has 110 valence electrons. The van der Waals surface area contributed by atoms with E-state index in [2.05, 4.69) is 9.80 Å². The second kappa shape index (κ2) is 6.53. The fourth-order valence-electron chi connectivity index (χ4n) is 3.93. The van der Waals surface area contributed by atoms with Crippen LogP contribution in [0.25, 0.3) is 0 Å². The van der Waals surface area contributed by atoms with Crippen molar-refractivity contribution in [2.45, 2.75) is 56.7 Å². The van der Waals surface area contributed by atoms with Crippen molar-refractivity contribution in [3.05, 3.63) is 0 Å². The number of aliphatic hydroxyl groups excluding tert-OH is 1. The predicted molar refractivity (Wildman–Crippen MR) is 75.2 cm³/mol. The van der Waals surface area contributed by atoms with Crippen LogP contribution in [-0.2, 0) is 4.74 Å². The Morgan fingerprint density at radius 1 is 0.842 bits per heavy atom. The van der Waals surface area contributed by atoms with Gasteiger partial charge in [0, 0.05) is 25.7 Å². The van der Waals surface area contributed by atoms with Crippen molar-refractivity contribution in [1.29, 1.82) is 0 Å². The smallest absolute Gasteiger partial charge is 0.0739 e. The Bertz CT molecular complexity index is 273. The van der Waals surface area contributed by atoms with Gasteiger partial charge in [0.05, 0.1) is 18.8 Å². The molecule has 0 amide bonds. The zero-order chi connectivity index (χ0) is 13.1. The minimum Gasteiger partial charge on any atom is -0.391 e. The lowest BCUT2D eigenvalue weighted by Crippen LogP contribution is -2.55. The molecule has 3 aliphatic heterocycles. The molecule has 4 nitrogen and oxygen atoms in total. The van der Waals surface area contributed by atoms with E-state index in [-0.39, 0.29) is 12.1 Å². The summed E-state index contributed by atoms with van der Waals surface area (Å²) in [6, 6.07) is 1.04. The molecule has 0 aromatic rings. The molecule has 2 atom stereocenters. The van der Waals surface area contributed by atoms with Crippen LogP contribution in [-0.4, -0.2) is 72.5 Å². The van der Waals surface area contributed by atoms with Crippen molar-refractivity contribution < 1.29 is 9.84 Å². The van der Waals surface area contributed by atoms with Gasteiger partial charge in [0.15, 0.2) is 0 Å². The third-order valence-corrected chi connectivity index (χ3v) is 5.17. The van der Waals surface area contributed by atoms with Crippen LogP contribution in [0.5, 0.6) is 0 Å². The van der Waals surface area contributed by atoms with E-state index in [1.165, 1.54) is 45.2 Å². The minimum atomic E-state index is -0.180. The predicted octanol–water partition coefficient (Wildman–Crippen LogP) is 1.09. The summed E-state index contributed by atoms with van der Waals surface area (Å²) in [5, 5.41) is 10.1. The normalized spacial score (nSPS) is 36.5. The Balaban J connectivity index is 1.48. The molecule has 3 fully saturated rings. The Hall–Kier alpha value is -0.160. The maximum atomic E-state index is 10.1. The van der Waals surface area contributed by atoms with E-state index in [1.54, 1.807) is 0 Å². The molecular formula is C15H28N2O2. The van der Waals surface area contributed by atoms with Crippen molar-refractivity contribution in [2.24, 2.45) is 0 Å². The van der Waals surface area contributed by atoms with Crippen LogP contribution in [0.2, 0.25) is 0 Å². The molecule has 0 saturated carbocycles. The van der Waals surface area contributed by atoms with Crippen LogP contribution in [0.3, 0.4) is 0 Å². The molecule has 3 rings (SSSR count). The Morgan fingerprint density at radius 3 is 2.26 bits per heavy atom. The van der Waals surface area contributed by atoms with Gasteiger partial charge in [0.2, 0.25) is 0 Å². The van der Waals surface area contributed by atoms with Gasteiger partial charge in [0.1, 0.15) is 0 Å². The number of hydrogen-bond donors (Lipinski definition) is 1. The average Bonchev–Trinajstić information content (AvgIpc) is 2.49. The molecule has 0 aromatic carbocycles. The fraction of sp³-hybridized carbons (Fsp3) is 1.00. The highest BCUT2D eigenvalue weighted by atomic mass is 16.5. The molecule has 3 aliphatic rings. The van der Waals surface area contributed by atoms with Gasteiger partial charge >= 0.3 is 0 Å². The van der Waals surface area contributed by atoms with Gasteiger partial charge in [-0.25, -0.2) is 0 Å². The van der Waals surface area contributed by atoms with Gasteiger partial charge < -0.3 is 14.7 Å². The topological polar surface area (TPSA) is 35.9 Å². The van der Waals surface area contributed by atoms with Gasteiger partial charge in [-0.05, 0) is 45.2 Å². The summed E-state index contributed by atoms with van der Waals surface area (Å²) in [7, 11) is 0. The van der Waals surface area contributed by atoms with Crippen LogP contribution < -0.4 is 0 Å². The lowest BCUT2D eigenvalue weighted by atomic mass is 9.96. The van der Waals surface area contributed by atoms with Gasteiger partial charge in [0.25, 0.3) is 0 Å². The number of hydrogen-bond acceptors (Lipinski definition) is 4. The van der Waals surface area contributed by atoms with Gasteiger partial charge in [-0.2, -0.15) is 0 Å². The molecule has 0 spiro atoms. The van der Waals surface area contributed by atoms with E-state index >= 15 is 0 Å². The largest absolute Gasteiger partial charge is 0.391 e. The van der Waals surface area contributed by atoms with E-state index in [1.807, 2.05) is 0 Å². The first-order chi connectivity index (χ1) is 9.34. The lowest BCUT2D eigenvalue weighted by molar-refractivity contribution is -0.0715. The zero-order valence-electron chi connectivity index (χ0n) is 12.0. The quantitative estimate of drug-likeness (QED) is 0.813. The molecule has 1 N–H and O–H groups in total. The summed E-state index contributed by atoms with van der Waals surface area (Å²) < 4.78 is 5.54. The van der Waals surface area contributed by atoms with Crippen LogP contribution in [0.15, 0.2) is 0 Å². The summed E-state index contributed by atoms with van der Waals surface area (Å²) in [5.74, 6) is 0. The molecule has 0 aromatic heterocycles. The van der Waals surface area contributed by atoms with Crippen LogP contribution in [0, 0.1) is 0 Å². The van der Waals surface area contributed by atoms with Gasteiger partial charge in [-0.15, -0.1) is 0 Å². The minimum absolute atomic E-state index is 0.180. The van der Waals surface area contributed by atoms with E-state index in [9.17, 15) is 5.11 Å². The number of rotatable bonds is 2. The second-order valence-corrected chi connectivity index (χ2v) is 6.36. The highest BCUT2D eigenvalue weighted by molar-refractivity contribution is 4.88. The summed E-state index contributed by atoms with van der Waals surface area (Å²) in [4.78, 5) is 5.17. The zero-order valence-corrected chi connectivity index (χ0v) is 12.0. The fourth-order valence-corrected chi connectivity index (χ4v) is 3.93. The second-order valence-electron chi connectivity index (χ2n) is 6.36. The summed E-state index contributed by atoms with van der Waals surface area (Å²) >= 11 is 0. The van der Waals surface area contributed by atoms with Crippen molar-refractivity contribution in [3.8, 4) is 0 Å². The monoisotopic (exact) mass is 268 g/mol. The van der Waals surface area contributed by atoms with E-state index in [0.717, 1.165) is 38.8 Å². The lowest BCUT2D eigenvalue weighted by Gasteiger charge is -2.44. The van der Waals surface area contributed by atoms with Crippen LogP contribution in [0.4, 0.5) is 0 Å². The molecule has 0 radical (unpaired) electrons. The highest BCUT2D eigenvalue weighted by Gasteiger charge is 2.33. The first kappa shape index (κ1) is 13.8. The number of likely N-dealkylation sites (tertiary alicyclic amines) is 2. The van der Waals surface area contributed by atoms with E-state index in [4.69, 9.17) is 4.74 Å². The molecule has 2 unspecified atom stereocenters. The van der Waals surface area contributed by atoms with Gasteiger partial charge in [-0.1, -0.05) is 6.42 Å². The number of nitrogens with zero attached hydrogens (tertiary/aromatic N) is 2. The average molecular weight is 268 g/mol. The van der Waals surface area contributed by atoms with Crippen molar-refractivity contribution >= 4 is 0 Å². The van der Waals surface area contributed by atoms with Gasteiger partial charge in [-0.3, -0.25) is 4.90 Å². The first-order valence-electron chi connectivity index (χ1n) is 8.08. The molecular weight excluding hydrogens is 240 g/mol. The SMILES string of the molecule is OC1CCOCC1N1CCC(N2CCCCC2)CC1. The molecule has 0 bridgehead atoms. The first-order valence-corrected chi connectivity index (χ1v) is 8.08. The molecule has 4 heteroatoms. The third kappa shape index (κ3) is 3.30. The van der Waals surface area contributed by atoms with Crippen LogP contribution in [0.1, 0.15) is 38.5 Å². The maximum absolute atomic E-state index is 10.1. The molecule has 19 heavy (non-hydrogen) atoms. The standard InChI is InChI=1S/C15H28N2O2/c18-15-6-11-19-12-14(15)17-9-4-13(5-10-17)16-7-2-1-3-8-16/h13-15,18H,1-12H2. The maximum Gasteiger partial charge on any atom is 0.0739 e. The number of piperidine rings is 2. The van der Waals surface area contributed by atoms with Crippen LogP contribution >= 0.6 is 0 Å². The molecule has 3 saturated heterocycles. The third-order valence-electron chi connectivity index (χ3n) is 5.17. The molecule has 0 aliphatic carbocycles. The molecule has 3 heterocycles. The Morgan fingerprint density at radius 2 is 1.58 bits per heavy atom. The van der Waals surface area contributed by atoms with E-state index in [0.29, 0.717) is 0 Å². The van der Waals surface area contributed by atoms with E-state index < -0.39 is 0 Å². The van der Waals surface area contributed by atoms with Crippen molar-refractivity contribution in [3.63, 3.8) is 0 Å². The summed E-state index contributed by atoms with van der Waals surface area (Å²) in [6.07, 6.45) is 7.34. The highest BCUT2D eigenvalue weighted by Crippen LogP contribution is 2.24.